The number of piperidine rings is 1. The number of hydrogen-bond donors (Lipinski definition) is 1. The smallest absolute Gasteiger partial charge is 0.410 e. The maximum absolute atomic E-state index is 14.4. The number of hydrogen-bond acceptors (Lipinski definition) is 9. The SMILES string of the molecule is COC(=O)c1ccc(C(=O)N(Cc2nc3cc(C#N)ccc3n2CC(=O)NC(C)c2ccccc2)c2ccc(OC3CCN(C(=O)OC(C)(C)C)CC3)cc2)cc1. The first-order valence-corrected chi connectivity index (χ1v) is 18.8. The highest BCUT2D eigenvalue weighted by atomic mass is 16.6. The van der Waals surface area contributed by atoms with Crippen LogP contribution in [0.3, 0.4) is 0 Å². The fraction of sp³-hybridized carbons (Fsp3) is 0.318. The molecule has 5 aromatic rings. The molecule has 2 heterocycles. The van der Waals surface area contributed by atoms with Crippen molar-refractivity contribution < 1.29 is 33.4 Å². The van der Waals surface area contributed by atoms with E-state index in [1.54, 1.807) is 69.0 Å². The number of fused-ring (bicyclic) bond motifs is 1. The third kappa shape index (κ3) is 9.96. The van der Waals surface area contributed by atoms with E-state index in [0.717, 1.165) is 5.56 Å². The number of benzene rings is 4. The van der Waals surface area contributed by atoms with E-state index in [9.17, 15) is 24.4 Å². The molecule has 13 nitrogen and oxygen atoms in total. The van der Waals surface area contributed by atoms with Crippen molar-refractivity contribution in [2.75, 3.05) is 25.1 Å². The molecule has 294 valence electrons. The molecular formula is C44H46N6O7. The second-order valence-electron chi connectivity index (χ2n) is 14.9. The van der Waals surface area contributed by atoms with E-state index in [4.69, 9.17) is 19.2 Å². The molecule has 1 unspecified atom stereocenters. The van der Waals surface area contributed by atoms with Crippen molar-refractivity contribution in [2.24, 2.45) is 0 Å². The molecule has 4 aromatic carbocycles. The Morgan fingerprint density at radius 2 is 1.60 bits per heavy atom. The number of anilines is 1. The number of amides is 3. The number of methoxy groups -OCH3 is 1. The van der Waals surface area contributed by atoms with Gasteiger partial charge >= 0.3 is 12.1 Å². The molecule has 57 heavy (non-hydrogen) atoms. The van der Waals surface area contributed by atoms with E-state index < -0.39 is 11.6 Å². The summed E-state index contributed by atoms with van der Waals surface area (Å²) in [5, 5.41) is 12.7. The van der Waals surface area contributed by atoms with E-state index in [2.05, 4.69) is 11.4 Å². The van der Waals surface area contributed by atoms with Crippen LogP contribution < -0.4 is 15.0 Å². The molecule has 1 N–H and O–H groups in total. The van der Waals surface area contributed by atoms with Gasteiger partial charge in [-0.15, -0.1) is 0 Å². The number of aromatic nitrogens is 2. The van der Waals surface area contributed by atoms with Gasteiger partial charge in [0, 0.05) is 37.2 Å². The van der Waals surface area contributed by atoms with Crippen molar-refractivity contribution in [1.29, 1.82) is 5.26 Å². The Morgan fingerprint density at radius 3 is 2.23 bits per heavy atom. The summed E-state index contributed by atoms with van der Waals surface area (Å²) in [5.41, 5.74) is 3.06. The lowest BCUT2D eigenvalue weighted by Crippen LogP contribution is -2.44. The van der Waals surface area contributed by atoms with Crippen molar-refractivity contribution in [3.8, 4) is 11.8 Å². The minimum atomic E-state index is -0.572. The summed E-state index contributed by atoms with van der Waals surface area (Å²) < 4.78 is 18.4. The first-order chi connectivity index (χ1) is 27.3. The molecule has 1 atom stereocenters. The maximum atomic E-state index is 14.4. The molecule has 1 aliphatic heterocycles. The number of ether oxygens (including phenoxy) is 3. The number of carbonyl (C=O) groups is 4. The molecule has 3 amide bonds. The summed E-state index contributed by atoms with van der Waals surface area (Å²) in [6, 6.07) is 29.9. The van der Waals surface area contributed by atoms with Gasteiger partial charge in [-0.3, -0.25) is 9.59 Å². The lowest BCUT2D eigenvalue weighted by molar-refractivity contribution is -0.122. The summed E-state index contributed by atoms with van der Waals surface area (Å²) in [4.78, 5) is 60.8. The van der Waals surface area contributed by atoms with Crippen molar-refractivity contribution in [2.45, 2.75) is 71.4 Å². The van der Waals surface area contributed by atoms with E-state index in [1.807, 2.05) is 58.0 Å². The van der Waals surface area contributed by atoms with Crippen LogP contribution in [0.4, 0.5) is 10.5 Å². The van der Waals surface area contributed by atoms with Crippen LogP contribution in [0.1, 0.15) is 84.2 Å². The fourth-order valence-electron chi connectivity index (χ4n) is 6.63. The highest BCUT2D eigenvalue weighted by molar-refractivity contribution is 6.06. The Labute approximate surface area is 331 Å². The molecule has 0 aliphatic carbocycles. The predicted molar refractivity (Wildman–Crippen MR) is 214 cm³/mol. The number of nitrogens with zero attached hydrogens (tertiary/aromatic N) is 5. The van der Waals surface area contributed by atoms with Crippen LogP contribution >= 0.6 is 0 Å². The molecule has 1 aliphatic rings. The third-order valence-corrected chi connectivity index (χ3v) is 9.58. The van der Waals surface area contributed by atoms with E-state index in [0.29, 0.717) is 70.9 Å². The molecular weight excluding hydrogens is 725 g/mol. The van der Waals surface area contributed by atoms with Crippen LogP contribution in [0, 0.1) is 11.3 Å². The van der Waals surface area contributed by atoms with Gasteiger partial charge in [0.1, 0.15) is 29.8 Å². The van der Waals surface area contributed by atoms with Gasteiger partial charge in [0.25, 0.3) is 5.91 Å². The average molecular weight is 771 g/mol. The molecule has 1 fully saturated rings. The van der Waals surface area contributed by atoms with Gasteiger partial charge in [0.05, 0.1) is 47.9 Å². The van der Waals surface area contributed by atoms with Crippen LogP contribution in [-0.4, -0.2) is 70.2 Å². The molecule has 6 rings (SSSR count). The molecule has 0 saturated carbocycles. The van der Waals surface area contributed by atoms with Crippen molar-refractivity contribution in [1.82, 2.24) is 19.8 Å². The lowest BCUT2D eigenvalue weighted by Gasteiger charge is -2.33. The molecule has 0 bridgehead atoms. The third-order valence-electron chi connectivity index (χ3n) is 9.58. The second kappa shape index (κ2) is 17.4. The average Bonchev–Trinajstić information content (AvgIpc) is 3.54. The Bertz CT molecular complexity index is 2270. The normalized spacial score (nSPS) is 13.6. The Hall–Kier alpha value is -6.68. The van der Waals surface area contributed by atoms with Gasteiger partial charge in [-0.1, -0.05) is 30.3 Å². The first-order valence-electron chi connectivity index (χ1n) is 18.8. The minimum absolute atomic E-state index is 0.0427. The van der Waals surface area contributed by atoms with Crippen molar-refractivity contribution >= 4 is 40.6 Å². The number of imidazole rings is 1. The number of nitrogens with one attached hydrogen (secondary N) is 1. The van der Waals surface area contributed by atoms with Crippen LogP contribution in [0.25, 0.3) is 11.0 Å². The van der Waals surface area contributed by atoms with Crippen molar-refractivity contribution in [3.63, 3.8) is 0 Å². The Balaban J connectivity index is 1.27. The monoisotopic (exact) mass is 770 g/mol. The molecule has 1 aromatic heterocycles. The van der Waals surface area contributed by atoms with Gasteiger partial charge in [-0.2, -0.15) is 5.26 Å². The quantitative estimate of drug-likeness (QED) is 0.137. The van der Waals surface area contributed by atoms with E-state index in [1.165, 1.54) is 19.2 Å². The van der Waals surface area contributed by atoms with Crippen LogP contribution in [-0.2, 0) is 27.4 Å². The summed E-state index contributed by atoms with van der Waals surface area (Å²) in [7, 11) is 1.29. The van der Waals surface area contributed by atoms with Gasteiger partial charge in [0.15, 0.2) is 0 Å². The summed E-state index contributed by atoms with van der Waals surface area (Å²) >= 11 is 0. The zero-order chi connectivity index (χ0) is 40.7. The lowest BCUT2D eigenvalue weighted by atomic mass is 10.1. The van der Waals surface area contributed by atoms with Gasteiger partial charge in [-0.05, 0) is 100.0 Å². The Kier molecular flexibility index (Phi) is 12.2. The van der Waals surface area contributed by atoms with Crippen molar-refractivity contribution in [3.05, 3.63) is 125 Å². The number of rotatable bonds is 11. The highest BCUT2D eigenvalue weighted by Gasteiger charge is 2.28. The predicted octanol–water partition coefficient (Wildman–Crippen LogP) is 7.20. The standard InChI is InChI=1S/C44H46N6O7/c1-29(31-9-7-6-8-10-31)46-40(51)28-50-38-20-11-30(26-45)25-37(38)47-39(50)27-49(41(52)32-12-14-33(15-13-32)42(53)55-5)34-16-18-35(19-17-34)56-36-21-23-48(24-22-36)43(54)57-44(2,3)4/h6-20,25,29,36H,21-24,27-28H2,1-5H3,(H,46,51). The molecule has 0 radical (unpaired) electrons. The number of nitriles is 1. The number of esters is 1. The summed E-state index contributed by atoms with van der Waals surface area (Å²) in [5.74, 6) is -0.148. The largest absolute Gasteiger partial charge is 0.490 e. The van der Waals surface area contributed by atoms with Crippen LogP contribution in [0.2, 0.25) is 0 Å². The highest BCUT2D eigenvalue weighted by Crippen LogP contribution is 2.28. The molecule has 0 spiro atoms. The summed E-state index contributed by atoms with van der Waals surface area (Å²) in [6.45, 7) is 8.32. The second-order valence-corrected chi connectivity index (χ2v) is 14.9. The van der Waals surface area contributed by atoms with Gasteiger partial charge < -0.3 is 33.9 Å². The van der Waals surface area contributed by atoms with Crippen LogP contribution in [0.15, 0.2) is 97.1 Å². The number of carbonyl (C=O) groups excluding carboxylic acids is 4. The van der Waals surface area contributed by atoms with E-state index in [-0.39, 0.29) is 43.1 Å². The van der Waals surface area contributed by atoms with Gasteiger partial charge in [0.2, 0.25) is 5.91 Å². The van der Waals surface area contributed by atoms with E-state index >= 15 is 0 Å². The molecule has 1 saturated heterocycles. The topological polar surface area (TPSA) is 156 Å². The van der Waals surface area contributed by atoms with Gasteiger partial charge in [-0.25, -0.2) is 14.6 Å². The molecule has 13 heteroatoms. The fourth-order valence-corrected chi connectivity index (χ4v) is 6.63. The maximum Gasteiger partial charge on any atom is 0.410 e. The minimum Gasteiger partial charge on any atom is -0.490 e. The zero-order valence-electron chi connectivity index (χ0n) is 32.7. The van der Waals surface area contributed by atoms with Crippen LogP contribution in [0.5, 0.6) is 5.75 Å². The Morgan fingerprint density at radius 1 is 0.930 bits per heavy atom. The first kappa shape index (κ1) is 40.0. The summed E-state index contributed by atoms with van der Waals surface area (Å²) in [6.07, 6.45) is 0.814. The zero-order valence-corrected chi connectivity index (χ0v) is 32.7. The number of likely N-dealkylation sites (tertiary alicyclic amines) is 1.